The average Bonchev–Trinajstić information content (AvgIpc) is 2.86. The van der Waals surface area contributed by atoms with Gasteiger partial charge in [0.15, 0.2) is 11.6 Å². The van der Waals surface area contributed by atoms with Crippen LogP contribution in [0.1, 0.15) is 6.92 Å². The Hall–Kier alpha value is -2.60. The fourth-order valence-corrected chi connectivity index (χ4v) is 2.77. The van der Waals surface area contributed by atoms with Crippen molar-refractivity contribution in [2.24, 2.45) is 0 Å². The molecule has 24 heavy (non-hydrogen) atoms. The highest BCUT2D eigenvalue weighted by atomic mass is 19.1. The molecule has 0 aliphatic rings. The Kier molecular flexibility index (Phi) is 4.66. The molecule has 1 N–H and O–H groups in total. The van der Waals surface area contributed by atoms with E-state index in [-0.39, 0.29) is 24.6 Å². The molecule has 5 nitrogen and oxygen atoms in total. The summed E-state index contributed by atoms with van der Waals surface area (Å²) in [4.78, 5) is 12.5. The molecule has 1 atom stereocenters. The number of benzene rings is 2. The number of aryl methyl sites for hydroxylation is 1. The maximum atomic E-state index is 13.5. The van der Waals surface area contributed by atoms with E-state index in [9.17, 15) is 14.3 Å². The number of aliphatic hydroxyl groups is 1. The Bertz CT molecular complexity index is 901. The maximum absolute atomic E-state index is 13.5. The fraction of sp³-hybridized carbons (Fsp3) is 0.278. The van der Waals surface area contributed by atoms with Crippen molar-refractivity contribution in [3.05, 3.63) is 64.8 Å². The van der Waals surface area contributed by atoms with E-state index in [1.54, 1.807) is 16.7 Å². The Morgan fingerprint density at radius 1 is 1.08 bits per heavy atom. The van der Waals surface area contributed by atoms with E-state index in [4.69, 9.17) is 4.74 Å². The largest absolute Gasteiger partial charge is 0.488 e. The van der Waals surface area contributed by atoms with Crippen molar-refractivity contribution in [3.63, 3.8) is 0 Å². The van der Waals surface area contributed by atoms with Crippen molar-refractivity contribution in [1.29, 1.82) is 0 Å². The molecule has 126 valence electrons. The number of para-hydroxylation sites is 3. The van der Waals surface area contributed by atoms with Crippen molar-refractivity contribution in [1.82, 2.24) is 9.13 Å². The molecule has 0 aliphatic heterocycles. The lowest BCUT2D eigenvalue weighted by Gasteiger charge is -2.13. The summed E-state index contributed by atoms with van der Waals surface area (Å²) in [6, 6.07) is 13.4. The number of aliphatic hydroxyl groups excluding tert-OH is 1. The van der Waals surface area contributed by atoms with Crippen LogP contribution in [0.4, 0.5) is 4.39 Å². The minimum absolute atomic E-state index is 0.0832. The van der Waals surface area contributed by atoms with Crippen LogP contribution in [0.5, 0.6) is 5.75 Å². The molecule has 0 amide bonds. The molecule has 3 aromatic rings. The third kappa shape index (κ3) is 3.05. The Morgan fingerprint density at radius 2 is 1.71 bits per heavy atom. The van der Waals surface area contributed by atoms with E-state index in [1.165, 1.54) is 16.7 Å². The van der Waals surface area contributed by atoms with E-state index < -0.39 is 11.9 Å². The first-order valence-electron chi connectivity index (χ1n) is 7.85. The quantitative estimate of drug-likeness (QED) is 0.755. The van der Waals surface area contributed by atoms with Gasteiger partial charge in [-0.2, -0.15) is 0 Å². The van der Waals surface area contributed by atoms with Crippen LogP contribution in [0.25, 0.3) is 11.0 Å². The summed E-state index contributed by atoms with van der Waals surface area (Å²) in [5, 5.41) is 10.2. The normalized spacial score (nSPS) is 12.5. The van der Waals surface area contributed by atoms with Crippen LogP contribution in [-0.2, 0) is 13.1 Å². The van der Waals surface area contributed by atoms with Gasteiger partial charge in [0.05, 0.1) is 17.6 Å². The second kappa shape index (κ2) is 6.88. The van der Waals surface area contributed by atoms with Gasteiger partial charge in [0.1, 0.15) is 12.7 Å². The fourth-order valence-electron chi connectivity index (χ4n) is 2.77. The van der Waals surface area contributed by atoms with Crippen molar-refractivity contribution in [2.45, 2.75) is 26.1 Å². The van der Waals surface area contributed by atoms with E-state index in [1.807, 2.05) is 31.2 Å². The van der Waals surface area contributed by atoms with Crippen LogP contribution in [0, 0.1) is 5.82 Å². The molecule has 0 bridgehead atoms. The molecule has 1 heterocycles. The second-order valence-electron chi connectivity index (χ2n) is 5.52. The topological polar surface area (TPSA) is 56.4 Å². The smallest absolute Gasteiger partial charge is 0.329 e. The predicted octanol–water partition coefficient (Wildman–Crippen LogP) is 2.40. The molecule has 0 aliphatic carbocycles. The van der Waals surface area contributed by atoms with Crippen molar-refractivity contribution in [2.75, 3.05) is 6.61 Å². The van der Waals surface area contributed by atoms with Crippen LogP contribution in [-0.4, -0.2) is 27.0 Å². The molecule has 0 fully saturated rings. The first kappa shape index (κ1) is 16.3. The molecule has 0 spiro atoms. The molecule has 0 unspecified atom stereocenters. The number of hydrogen-bond acceptors (Lipinski definition) is 3. The zero-order valence-electron chi connectivity index (χ0n) is 13.4. The highest BCUT2D eigenvalue weighted by Gasteiger charge is 2.15. The number of halogens is 1. The summed E-state index contributed by atoms with van der Waals surface area (Å²) in [6.45, 7) is 2.43. The molecular weight excluding hydrogens is 311 g/mol. The van der Waals surface area contributed by atoms with E-state index in [0.717, 1.165) is 11.0 Å². The minimum atomic E-state index is -0.932. The molecule has 6 heteroatoms. The molecule has 1 aromatic heterocycles. The van der Waals surface area contributed by atoms with Gasteiger partial charge in [-0.25, -0.2) is 9.18 Å². The number of fused-ring (bicyclic) bond motifs is 1. The summed E-state index contributed by atoms with van der Waals surface area (Å²) in [6.07, 6.45) is -0.932. The van der Waals surface area contributed by atoms with E-state index in [2.05, 4.69) is 0 Å². The summed E-state index contributed by atoms with van der Waals surface area (Å²) < 4.78 is 22.0. The van der Waals surface area contributed by atoms with Crippen molar-refractivity contribution >= 4 is 11.0 Å². The first-order valence-corrected chi connectivity index (χ1v) is 7.85. The third-order valence-electron chi connectivity index (χ3n) is 3.90. The highest BCUT2D eigenvalue weighted by molar-refractivity contribution is 5.75. The van der Waals surface area contributed by atoms with Gasteiger partial charge in [-0.1, -0.05) is 24.3 Å². The Labute approximate surface area is 138 Å². The summed E-state index contributed by atoms with van der Waals surface area (Å²) in [5.74, 6) is -0.399. The predicted molar refractivity (Wildman–Crippen MR) is 89.8 cm³/mol. The van der Waals surface area contributed by atoms with Crippen LogP contribution < -0.4 is 10.4 Å². The zero-order valence-corrected chi connectivity index (χ0v) is 13.4. The number of nitrogens with zero attached hydrogens (tertiary/aromatic N) is 2. The monoisotopic (exact) mass is 330 g/mol. The number of imidazole rings is 1. The molecule has 0 saturated carbocycles. The lowest BCUT2D eigenvalue weighted by molar-refractivity contribution is 0.0905. The van der Waals surface area contributed by atoms with Gasteiger partial charge < -0.3 is 9.84 Å². The summed E-state index contributed by atoms with van der Waals surface area (Å²) in [5.41, 5.74) is 1.41. The Morgan fingerprint density at radius 3 is 2.38 bits per heavy atom. The third-order valence-corrected chi connectivity index (χ3v) is 3.90. The van der Waals surface area contributed by atoms with Gasteiger partial charge in [0.2, 0.25) is 0 Å². The van der Waals surface area contributed by atoms with Crippen molar-refractivity contribution in [3.8, 4) is 5.75 Å². The first-order chi connectivity index (χ1) is 11.6. The SMILES string of the molecule is CCn1c(=O)n(C[C@H](O)COc2ccccc2F)c2ccccc21. The van der Waals surface area contributed by atoms with Crippen LogP contribution >= 0.6 is 0 Å². The number of aromatic nitrogens is 2. The van der Waals surface area contributed by atoms with Gasteiger partial charge in [0.25, 0.3) is 0 Å². The van der Waals surface area contributed by atoms with E-state index in [0.29, 0.717) is 6.54 Å². The van der Waals surface area contributed by atoms with Crippen LogP contribution in [0.3, 0.4) is 0 Å². The van der Waals surface area contributed by atoms with Gasteiger partial charge >= 0.3 is 5.69 Å². The molecule has 0 radical (unpaired) electrons. The number of hydrogen-bond donors (Lipinski definition) is 1. The van der Waals surface area contributed by atoms with Gasteiger partial charge in [0, 0.05) is 6.54 Å². The van der Waals surface area contributed by atoms with Crippen LogP contribution in [0.15, 0.2) is 53.3 Å². The summed E-state index contributed by atoms with van der Waals surface area (Å²) >= 11 is 0. The van der Waals surface area contributed by atoms with E-state index >= 15 is 0 Å². The molecule has 2 aromatic carbocycles. The minimum Gasteiger partial charge on any atom is -0.488 e. The van der Waals surface area contributed by atoms with Gasteiger partial charge in [-0.05, 0) is 31.2 Å². The standard InChI is InChI=1S/C18H19FN2O3/c1-2-20-15-8-4-5-9-16(15)21(18(20)23)11-13(22)12-24-17-10-6-3-7-14(17)19/h3-10,13,22H,2,11-12H2,1H3/t13-/m0/s1. The summed E-state index contributed by atoms with van der Waals surface area (Å²) in [7, 11) is 0. The van der Waals surface area contributed by atoms with Crippen LogP contribution in [0.2, 0.25) is 0 Å². The average molecular weight is 330 g/mol. The molecular formula is C18H19FN2O3. The second-order valence-corrected chi connectivity index (χ2v) is 5.52. The zero-order chi connectivity index (χ0) is 17.1. The van der Waals surface area contributed by atoms with Gasteiger partial charge in [-0.3, -0.25) is 9.13 Å². The number of ether oxygens (including phenoxy) is 1. The highest BCUT2D eigenvalue weighted by Crippen LogP contribution is 2.16. The van der Waals surface area contributed by atoms with Gasteiger partial charge in [-0.15, -0.1) is 0 Å². The maximum Gasteiger partial charge on any atom is 0.329 e. The molecule has 3 rings (SSSR count). The Balaban J connectivity index is 1.79. The lowest BCUT2D eigenvalue weighted by atomic mass is 10.3. The van der Waals surface area contributed by atoms with Crippen molar-refractivity contribution < 1.29 is 14.2 Å². The molecule has 0 saturated heterocycles. The lowest BCUT2D eigenvalue weighted by Crippen LogP contribution is -2.31. The number of rotatable bonds is 6.